The number of nitrogens with one attached hydrogen (secondary N) is 1. The van der Waals surface area contributed by atoms with Crippen molar-refractivity contribution < 1.29 is 0 Å². The summed E-state index contributed by atoms with van der Waals surface area (Å²) in [6.07, 6.45) is 2.76. The molecule has 1 N–H and O–H groups in total. The summed E-state index contributed by atoms with van der Waals surface area (Å²) in [5, 5.41) is 3.47. The van der Waals surface area contributed by atoms with Crippen LogP contribution >= 0.6 is 0 Å². The summed E-state index contributed by atoms with van der Waals surface area (Å²) in [4.78, 5) is 5.16. The van der Waals surface area contributed by atoms with E-state index in [1.165, 1.54) is 58.7 Å². The average Bonchev–Trinajstić information content (AvgIpc) is 2.39. The van der Waals surface area contributed by atoms with Crippen LogP contribution in [0.1, 0.15) is 33.6 Å². The van der Waals surface area contributed by atoms with E-state index in [-0.39, 0.29) is 0 Å². The van der Waals surface area contributed by atoms with Crippen LogP contribution in [-0.2, 0) is 0 Å². The Kier molecular flexibility index (Phi) is 7.82. The maximum atomic E-state index is 3.47. The fourth-order valence-electron chi connectivity index (χ4n) is 2.59. The lowest BCUT2D eigenvalue weighted by molar-refractivity contribution is 0.159. The summed E-state index contributed by atoms with van der Waals surface area (Å²) in [6.45, 7) is 16.5. The van der Waals surface area contributed by atoms with E-state index in [0.717, 1.165) is 12.5 Å². The van der Waals surface area contributed by atoms with E-state index in [9.17, 15) is 0 Å². The molecule has 0 unspecified atom stereocenters. The van der Waals surface area contributed by atoms with Gasteiger partial charge in [-0.2, -0.15) is 0 Å². The Labute approximate surface area is 108 Å². The highest BCUT2D eigenvalue weighted by Gasteiger charge is 2.18. The highest BCUT2D eigenvalue weighted by atomic mass is 15.2. The number of nitrogens with zero attached hydrogens (tertiary/aromatic N) is 2. The minimum atomic E-state index is 0.916. The Balaban J connectivity index is 2.10. The van der Waals surface area contributed by atoms with Crippen molar-refractivity contribution in [2.75, 3.05) is 52.4 Å². The van der Waals surface area contributed by atoms with Crippen LogP contribution in [0.3, 0.4) is 0 Å². The van der Waals surface area contributed by atoms with Gasteiger partial charge < -0.3 is 15.1 Å². The van der Waals surface area contributed by atoms with Gasteiger partial charge in [0, 0.05) is 13.1 Å². The smallest absolute Gasteiger partial charge is 0.0109 e. The molecule has 102 valence electrons. The number of rotatable bonds is 8. The molecule has 0 bridgehead atoms. The second-order valence-corrected chi connectivity index (χ2v) is 5.12. The molecule has 1 rings (SSSR count). The van der Waals surface area contributed by atoms with Crippen molar-refractivity contribution in [3.05, 3.63) is 0 Å². The van der Waals surface area contributed by atoms with Crippen molar-refractivity contribution in [3.63, 3.8) is 0 Å². The summed E-state index contributed by atoms with van der Waals surface area (Å²) < 4.78 is 0. The van der Waals surface area contributed by atoms with Gasteiger partial charge in [0.1, 0.15) is 0 Å². The molecule has 0 amide bonds. The van der Waals surface area contributed by atoms with E-state index in [2.05, 4.69) is 35.9 Å². The molecule has 3 heteroatoms. The zero-order valence-electron chi connectivity index (χ0n) is 12.0. The molecular formula is C14H31N3. The molecule has 17 heavy (non-hydrogen) atoms. The topological polar surface area (TPSA) is 18.5 Å². The van der Waals surface area contributed by atoms with Gasteiger partial charge in [-0.25, -0.2) is 0 Å². The van der Waals surface area contributed by atoms with Crippen LogP contribution in [0.4, 0.5) is 0 Å². The summed E-state index contributed by atoms with van der Waals surface area (Å²) in [7, 11) is 0. The summed E-state index contributed by atoms with van der Waals surface area (Å²) in [6, 6.07) is 0. The minimum Gasteiger partial charge on any atom is -0.317 e. The fourth-order valence-corrected chi connectivity index (χ4v) is 2.59. The zero-order chi connectivity index (χ0) is 12.5. The first-order valence-electron chi connectivity index (χ1n) is 7.45. The lowest BCUT2D eigenvalue weighted by Crippen LogP contribution is -2.41. The van der Waals surface area contributed by atoms with Crippen LogP contribution in [0, 0.1) is 5.92 Å². The van der Waals surface area contributed by atoms with E-state index in [1.54, 1.807) is 0 Å². The van der Waals surface area contributed by atoms with Crippen LogP contribution in [0.2, 0.25) is 0 Å². The van der Waals surface area contributed by atoms with Gasteiger partial charge in [-0.05, 0) is 58.0 Å². The zero-order valence-corrected chi connectivity index (χ0v) is 12.0. The summed E-state index contributed by atoms with van der Waals surface area (Å²) in [5.41, 5.74) is 0. The SMILES string of the molecule is CCNCC1CCN(CCN(CC)CC)CC1. The molecule has 0 saturated carbocycles. The second-order valence-electron chi connectivity index (χ2n) is 5.12. The summed E-state index contributed by atoms with van der Waals surface area (Å²) in [5.74, 6) is 0.916. The maximum absolute atomic E-state index is 3.47. The average molecular weight is 241 g/mol. The van der Waals surface area contributed by atoms with Gasteiger partial charge in [-0.15, -0.1) is 0 Å². The minimum absolute atomic E-state index is 0.916. The third-order valence-corrected chi connectivity index (χ3v) is 4.02. The molecule has 3 nitrogen and oxygen atoms in total. The second kappa shape index (κ2) is 8.90. The number of hydrogen-bond acceptors (Lipinski definition) is 3. The Hall–Kier alpha value is -0.120. The molecule has 1 heterocycles. The first kappa shape index (κ1) is 14.9. The summed E-state index contributed by atoms with van der Waals surface area (Å²) >= 11 is 0. The fraction of sp³-hybridized carbons (Fsp3) is 1.00. The number of hydrogen-bond donors (Lipinski definition) is 1. The standard InChI is InChI=1S/C14H31N3/c1-4-15-13-14-7-9-17(10-8-14)12-11-16(5-2)6-3/h14-15H,4-13H2,1-3H3. The normalized spacial score (nSPS) is 19.1. The molecular weight excluding hydrogens is 210 g/mol. The van der Waals surface area contributed by atoms with Crippen molar-refractivity contribution in [1.82, 2.24) is 15.1 Å². The molecule has 0 aliphatic carbocycles. The van der Waals surface area contributed by atoms with Crippen molar-refractivity contribution >= 4 is 0 Å². The van der Waals surface area contributed by atoms with Crippen LogP contribution in [0.5, 0.6) is 0 Å². The molecule has 0 aromatic heterocycles. The Morgan fingerprint density at radius 1 is 1.12 bits per heavy atom. The van der Waals surface area contributed by atoms with Crippen LogP contribution < -0.4 is 5.32 Å². The van der Waals surface area contributed by atoms with Crippen molar-refractivity contribution in [2.45, 2.75) is 33.6 Å². The van der Waals surface area contributed by atoms with Crippen LogP contribution in [0.25, 0.3) is 0 Å². The van der Waals surface area contributed by atoms with Crippen molar-refractivity contribution in [2.24, 2.45) is 5.92 Å². The van der Waals surface area contributed by atoms with E-state index in [0.29, 0.717) is 0 Å². The molecule has 0 spiro atoms. The molecule has 0 radical (unpaired) electrons. The number of likely N-dealkylation sites (tertiary alicyclic amines) is 1. The maximum Gasteiger partial charge on any atom is 0.0109 e. The van der Waals surface area contributed by atoms with Gasteiger partial charge in [-0.1, -0.05) is 20.8 Å². The monoisotopic (exact) mass is 241 g/mol. The van der Waals surface area contributed by atoms with Gasteiger partial charge in [0.05, 0.1) is 0 Å². The Bertz CT molecular complexity index is 172. The Morgan fingerprint density at radius 3 is 2.29 bits per heavy atom. The molecule has 0 atom stereocenters. The molecule has 0 aromatic rings. The highest BCUT2D eigenvalue weighted by molar-refractivity contribution is 4.74. The van der Waals surface area contributed by atoms with Crippen molar-refractivity contribution in [1.29, 1.82) is 0 Å². The van der Waals surface area contributed by atoms with Gasteiger partial charge >= 0.3 is 0 Å². The van der Waals surface area contributed by atoms with Gasteiger partial charge in [0.25, 0.3) is 0 Å². The highest BCUT2D eigenvalue weighted by Crippen LogP contribution is 2.15. The Morgan fingerprint density at radius 2 is 1.76 bits per heavy atom. The van der Waals surface area contributed by atoms with E-state index in [1.807, 2.05) is 0 Å². The van der Waals surface area contributed by atoms with E-state index >= 15 is 0 Å². The largest absolute Gasteiger partial charge is 0.317 e. The van der Waals surface area contributed by atoms with Crippen LogP contribution in [-0.4, -0.2) is 62.2 Å². The third kappa shape index (κ3) is 5.84. The van der Waals surface area contributed by atoms with Gasteiger partial charge in [0.2, 0.25) is 0 Å². The van der Waals surface area contributed by atoms with Crippen LogP contribution in [0.15, 0.2) is 0 Å². The van der Waals surface area contributed by atoms with E-state index < -0.39 is 0 Å². The molecule has 0 aromatic carbocycles. The van der Waals surface area contributed by atoms with E-state index in [4.69, 9.17) is 0 Å². The van der Waals surface area contributed by atoms with Gasteiger partial charge in [-0.3, -0.25) is 0 Å². The number of piperidine rings is 1. The lowest BCUT2D eigenvalue weighted by atomic mass is 9.97. The third-order valence-electron chi connectivity index (χ3n) is 4.02. The molecule has 1 aliphatic heterocycles. The first-order chi connectivity index (χ1) is 8.30. The lowest BCUT2D eigenvalue weighted by Gasteiger charge is -2.33. The predicted molar refractivity (Wildman–Crippen MR) is 75.5 cm³/mol. The van der Waals surface area contributed by atoms with Gasteiger partial charge in [0.15, 0.2) is 0 Å². The predicted octanol–water partition coefficient (Wildman–Crippen LogP) is 1.65. The first-order valence-corrected chi connectivity index (χ1v) is 7.45. The molecule has 1 fully saturated rings. The molecule has 1 aliphatic rings. The number of likely N-dealkylation sites (N-methyl/N-ethyl adjacent to an activating group) is 1. The molecule has 1 saturated heterocycles. The quantitative estimate of drug-likeness (QED) is 0.697. The van der Waals surface area contributed by atoms with Crippen molar-refractivity contribution in [3.8, 4) is 0 Å².